The van der Waals surface area contributed by atoms with Crippen LogP contribution in [0.4, 0.5) is 5.69 Å². The number of nitrogens with one attached hydrogen (secondary N) is 1. The van der Waals surface area contributed by atoms with Crippen molar-refractivity contribution in [2.45, 2.75) is 13.5 Å². The summed E-state index contributed by atoms with van der Waals surface area (Å²) in [5, 5.41) is 3.30. The minimum Gasteiger partial charge on any atom is -0.495 e. The number of benzene rings is 1. The van der Waals surface area contributed by atoms with Gasteiger partial charge in [-0.1, -0.05) is 12.1 Å². The molecule has 0 aliphatic carbocycles. The lowest BCUT2D eigenvalue weighted by atomic mass is 10.2. The summed E-state index contributed by atoms with van der Waals surface area (Å²) < 4.78 is 6.97. The van der Waals surface area contributed by atoms with Crippen molar-refractivity contribution in [1.82, 2.24) is 4.57 Å². The fourth-order valence-corrected chi connectivity index (χ4v) is 1.92. The van der Waals surface area contributed by atoms with E-state index >= 15 is 0 Å². The zero-order valence-electron chi connectivity index (χ0n) is 11.2. The second-order valence-corrected chi connectivity index (χ2v) is 4.36. The van der Waals surface area contributed by atoms with Gasteiger partial charge in [-0.15, -0.1) is 0 Å². The molecule has 4 nitrogen and oxygen atoms in total. The molecule has 19 heavy (non-hydrogen) atoms. The SMILES string of the molecule is COc1ccc(C)cc1NCCn1ccccc1=O. The van der Waals surface area contributed by atoms with Crippen LogP contribution in [0.25, 0.3) is 0 Å². The van der Waals surface area contributed by atoms with Crippen LogP contribution in [0.2, 0.25) is 0 Å². The summed E-state index contributed by atoms with van der Waals surface area (Å²) in [4.78, 5) is 11.5. The van der Waals surface area contributed by atoms with E-state index in [1.54, 1.807) is 30.0 Å². The van der Waals surface area contributed by atoms with Gasteiger partial charge in [0.05, 0.1) is 12.8 Å². The van der Waals surface area contributed by atoms with Gasteiger partial charge in [0.1, 0.15) is 5.75 Å². The summed E-state index contributed by atoms with van der Waals surface area (Å²) in [6.45, 7) is 3.33. The van der Waals surface area contributed by atoms with E-state index in [1.165, 1.54) is 5.56 Å². The zero-order valence-corrected chi connectivity index (χ0v) is 11.2. The van der Waals surface area contributed by atoms with Crippen molar-refractivity contribution in [2.24, 2.45) is 0 Å². The molecule has 0 radical (unpaired) electrons. The highest BCUT2D eigenvalue weighted by molar-refractivity contribution is 5.57. The zero-order chi connectivity index (χ0) is 13.7. The molecule has 2 aromatic rings. The van der Waals surface area contributed by atoms with E-state index in [0.717, 1.165) is 11.4 Å². The molecule has 0 spiro atoms. The predicted octanol–water partition coefficient (Wildman–Crippen LogP) is 2.28. The van der Waals surface area contributed by atoms with Gasteiger partial charge in [-0.2, -0.15) is 0 Å². The quantitative estimate of drug-likeness (QED) is 0.894. The second kappa shape index (κ2) is 6.09. The van der Waals surface area contributed by atoms with Gasteiger partial charge in [0.25, 0.3) is 5.56 Å². The van der Waals surface area contributed by atoms with Gasteiger partial charge >= 0.3 is 0 Å². The first kappa shape index (κ1) is 13.2. The summed E-state index contributed by atoms with van der Waals surface area (Å²) in [5.74, 6) is 0.811. The minimum absolute atomic E-state index is 0.0144. The smallest absolute Gasteiger partial charge is 0.250 e. The van der Waals surface area contributed by atoms with Crippen molar-refractivity contribution in [2.75, 3.05) is 19.0 Å². The normalized spacial score (nSPS) is 10.2. The van der Waals surface area contributed by atoms with Crippen LogP contribution in [-0.2, 0) is 6.54 Å². The topological polar surface area (TPSA) is 43.3 Å². The third-order valence-corrected chi connectivity index (χ3v) is 2.92. The number of aromatic nitrogens is 1. The van der Waals surface area contributed by atoms with Crippen LogP contribution in [0, 0.1) is 6.92 Å². The number of aryl methyl sites for hydroxylation is 1. The Labute approximate surface area is 112 Å². The van der Waals surface area contributed by atoms with E-state index in [4.69, 9.17) is 4.74 Å². The third kappa shape index (κ3) is 3.37. The first-order valence-corrected chi connectivity index (χ1v) is 6.24. The van der Waals surface area contributed by atoms with Crippen molar-refractivity contribution in [1.29, 1.82) is 0 Å². The molecule has 2 rings (SSSR count). The first-order valence-electron chi connectivity index (χ1n) is 6.24. The Bertz CT molecular complexity index is 605. The van der Waals surface area contributed by atoms with E-state index in [2.05, 4.69) is 5.32 Å². The van der Waals surface area contributed by atoms with Crippen LogP contribution < -0.4 is 15.6 Å². The average molecular weight is 258 g/mol. The van der Waals surface area contributed by atoms with Crippen LogP contribution >= 0.6 is 0 Å². The molecule has 1 N–H and O–H groups in total. The summed E-state index contributed by atoms with van der Waals surface area (Å²) in [6.07, 6.45) is 1.79. The maximum atomic E-state index is 11.5. The lowest BCUT2D eigenvalue weighted by molar-refractivity contribution is 0.416. The fraction of sp³-hybridized carbons (Fsp3) is 0.267. The molecule has 0 aliphatic heterocycles. The highest BCUT2D eigenvalue weighted by Gasteiger charge is 2.02. The number of hydrogen-bond acceptors (Lipinski definition) is 3. The van der Waals surface area contributed by atoms with E-state index in [0.29, 0.717) is 13.1 Å². The van der Waals surface area contributed by atoms with Crippen LogP contribution in [0.15, 0.2) is 47.4 Å². The third-order valence-electron chi connectivity index (χ3n) is 2.92. The molecule has 100 valence electrons. The number of nitrogens with zero attached hydrogens (tertiary/aromatic N) is 1. The van der Waals surface area contributed by atoms with Crippen LogP contribution in [0.1, 0.15) is 5.56 Å². The maximum Gasteiger partial charge on any atom is 0.250 e. The van der Waals surface area contributed by atoms with Crippen molar-refractivity contribution >= 4 is 5.69 Å². The van der Waals surface area contributed by atoms with Gasteiger partial charge in [0.2, 0.25) is 0 Å². The minimum atomic E-state index is 0.0144. The molecule has 0 saturated heterocycles. The number of anilines is 1. The average Bonchev–Trinajstić information content (AvgIpc) is 2.41. The summed E-state index contributed by atoms with van der Waals surface area (Å²) in [5.41, 5.74) is 2.13. The van der Waals surface area contributed by atoms with E-state index in [-0.39, 0.29) is 5.56 Å². The highest BCUT2D eigenvalue weighted by Crippen LogP contribution is 2.24. The molecule has 1 heterocycles. The van der Waals surface area contributed by atoms with Crippen molar-refractivity contribution in [3.8, 4) is 5.75 Å². The fourth-order valence-electron chi connectivity index (χ4n) is 1.92. The number of pyridine rings is 1. The Kier molecular flexibility index (Phi) is 4.23. The molecule has 1 aromatic heterocycles. The maximum absolute atomic E-state index is 11.5. The van der Waals surface area contributed by atoms with Crippen molar-refractivity contribution in [3.05, 3.63) is 58.5 Å². The predicted molar refractivity (Wildman–Crippen MR) is 76.9 cm³/mol. The number of rotatable bonds is 5. The van der Waals surface area contributed by atoms with Crippen LogP contribution in [-0.4, -0.2) is 18.2 Å². The van der Waals surface area contributed by atoms with Crippen LogP contribution in [0.3, 0.4) is 0 Å². The highest BCUT2D eigenvalue weighted by atomic mass is 16.5. The lowest BCUT2D eigenvalue weighted by Crippen LogP contribution is -2.22. The Morgan fingerprint density at radius 3 is 2.84 bits per heavy atom. The van der Waals surface area contributed by atoms with Gasteiger partial charge in [-0.3, -0.25) is 4.79 Å². The van der Waals surface area contributed by atoms with Crippen LogP contribution in [0.5, 0.6) is 5.75 Å². The summed E-state index contributed by atoms with van der Waals surface area (Å²) in [6, 6.07) is 11.1. The first-order chi connectivity index (χ1) is 9.20. The molecule has 0 fully saturated rings. The summed E-state index contributed by atoms with van der Waals surface area (Å²) in [7, 11) is 1.65. The molecule has 0 saturated carbocycles. The Morgan fingerprint density at radius 2 is 2.11 bits per heavy atom. The number of ether oxygens (including phenoxy) is 1. The largest absolute Gasteiger partial charge is 0.495 e. The molecule has 0 amide bonds. The monoisotopic (exact) mass is 258 g/mol. The number of hydrogen-bond donors (Lipinski definition) is 1. The molecule has 0 bridgehead atoms. The Morgan fingerprint density at radius 1 is 1.26 bits per heavy atom. The van der Waals surface area contributed by atoms with Gasteiger partial charge in [0.15, 0.2) is 0 Å². The molecular weight excluding hydrogens is 240 g/mol. The van der Waals surface area contributed by atoms with E-state index in [9.17, 15) is 4.79 Å². The van der Waals surface area contributed by atoms with Gasteiger partial charge < -0.3 is 14.6 Å². The molecule has 0 unspecified atom stereocenters. The Balaban J connectivity index is 2.02. The number of methoxy groups -OCH3 is 1. The lowest BCUT2D eigenvalue weighted by Gasteiger charge is -2.12. The van der Waals surface area contributed by atoms with Crippen molar-refractivity contribution < 1.29 is 4.74 Å². The van der Waals surface area contributed by atoms with Crippen molar-refractivity contribution in [3.63, 3.8) is 0 Å². The standard InChI is InChI=1S/C15H18N2O2/c1-12-6-7-14(19-2)13(11-12)16-8-10-17-9-4-3-5-15(17)18/h3-7,9,11,16H,8,10H2,1-2H3. The summed E-state index contributed by atoms with van der Waals surface area (Å²) >= 11 is 0. The van der Waals surface area contributed by atoms with Gasteiger partial charge in [0, 0.05) is 25.4 Å². The second-order valence-electron chi connectivity index (χ2n) is 4.36. The molecule has 0 atom stereocenters. The van der Waals surface area contributed by atoms with E-state index < -0.39 is 0 Å². The molecule has 0 aliphatic rings. The molecule has 1 aromatic carbocycles. The molecular formula is C15H18N2O2. The van der Waals surface area contributed by atoms with Gasteiger partial charge in [-0.05, 0) is 30.7 Å². The van der Waals surface area contributed by atoms with E-state index in [1.807, 2.05) is 31.2 Å². The Hall–Kier alpha value is -2.23. The van der Waals surface area contributed by atoms with Gasteiger partial charge in [-0.25, -0.2) is 0 Å². The molecule has 4 heteroatoms.